The standard InChI is InChI=1S/C25H21F3N4O2/c26-25(27,28)21-9-7-18(8-10-21)23-29-22(30-34-23)16-31-11-13-32(14-12-31)24(33)20-6-5-17-3-1-2-4-19(17)15-20/h1-10,15H,11-14,16H2. The highest BCUT2D eigenvalue weighted by molar-refractivity contribution is 5.98. The van der Waals surface area contributed by atoms with Crippen LogP contribution in [0.4, 0.5) is 13.2 Å². The monoisotopic (exact) mass is 466 g/mol. The number of aromatic nitrogens is 2. The van der Waals surface area contributed by atoms with Crippen LogP contribution in [0.2, 0.25) is 0 Å². The molecule has 1 fully saturated rings. The third-order valence-electron chi connectivity index (χ3n) is 5.95. The van der Waals surface area contributed by atoms with E-state index in [9.17, 15) is 18.0 Å². The van der Waals surface area contributed by atoms with Gasteiger partial charge in [-0.2, -0.15) is 18.2 Å². The maximum absolute atomic E-state index is 13.0. The van der Waals surface area contributed by atoms with Gasteiger partial charge in [0.25, 0.3) is 11.8 Å². The van der Waals surface area contributed by atoms with Crippen LogP contribution in [0.1, 0.15) is 21.7 Å². The summed E-state index contributed by atoms with van der Waals surface area (Å²) < 4.78 is 43.5. The summed E-state index contributed by atoms with van der Waals surface area (Å²) in [5, 5.41) is 6.09. The largest absolute Gasteiger partial charge is 0.416 e. The number of nitrogens with zero attached hydrogens (tertiary/aromatic N) is 4. The van der Waals surface area contributed by atoms with E-state index in [-0.39, 0.29) is 11.8 Å². The smallest absolute Gasteiger partial charge is 0.336 e. The highest BCUT2D eigenvalue weighted by Crippen LogP contribution is 2.30. The highest BCUT2D eigenvalue weighted by Gasteiger charge is 2.30. The van der Waals surface area contributed by atoms with Gasteiger partial charge in [-0.1, -0.05) is 35.5 Å². The second kappa shape index (κ2) is 8.90. The van der Waals surface area contributed by atoms with Crippen molar-refractivity contribution in [2.75, 3.05) is 26.2 Å². The van der Waals surface area contributed by atoms with E-state index < -0.39 is 11.7 Å². The van der Waals surface area contributed by atoms with Gasteiger partial charge in [-0.15, -0.1) is 0 Å². The van der Waals surface area contributed by atoms with Gasteiger partial charge in [0.1, 0.15) is 0 Å². The first-order chi connectivity index (χ1) is 16.4. The van der Waals surface area contributed by atoms with E-state index in [2.05, 4.69) is 15.0 Å². The topological polar surface area (TPSA) is 62.5 Å². The van der Waals surface area contributed by atoms with Gasteiger partial charge in [0.05, 0.1) is 12.1 Å². The number of piperazine rings is 1. The predicted molar refractivity (Wildman–Crippen MR) is 120 cm³/mol. The Hall–Kier alpha value is -3.72. The van der Waals surface area contributed by atoms with Crippen molar-refractivity contribution in [1.82, 2.24) is 19.9 Å². The Morgan fingerprint density at radius 1 is 0.912 bits per heavy atom. The first kappa shape index (κ1) is 22.1. The fourth-order valence-corrected chi connectivity index (χ4v) is 4.05. The van der Waals surface area contributed by atoms with Crippen LogP contribution in [-0.2, 0) is 12.7 Å². The molecule has 1 aliphatic rings. The lowest BCUT2D eigenvalue weighted by atomic mass is 10.1. The van der Waals surface area contributed by atoms with E-state index in [0.717, 1.165) is 22.9 Å². The molecule has 5 rings (SSSR count). The molecule has 6 nitrogen and oxygen atoms in total. The van der Waals surface area contributed by atoms with E-state index in [4.69, 9.17) is 4.52 Å². The van der Waals surface area contributed by atoms with E-state index in [1.807, 2.05) is 47.4 Å². The zero-order chi connectivity index (χ0) is 23.7. The molecule has 0 bridgehead atoms. The average Bonchev–Trinajstić information content (AvgIpc) is 3.32. The van der Waals surface area contributed by atoms with Crippen molar-refractivity contribution < 1.29 is 22.5 Å². The summed E-state index contributed by atoms with van der Waals surface area (Å²) in [6, 6.07) is 18.3. The molecule has 1 saturated heterocycles. The molecule has 1 amide bonds. The molecular weight excluding hydrogens is 445 g/mol. The molecular formula is C25H21F3N4O2. The minimum Gasteiger partial charge on any atom is -0.336 e. The summed E-state index contributed by atoms with van der Waals surface area (Å²) >= 11 is 0. The number of carbonyl (C=O) groups is 1. The quantitative estimate of drug-likeness (QED) is 0.430. The Balaban J connectivity index is 1.18. The van der Waals surface area contributed by atoms with Crippen LogP contribution in [0.25, 0.3) is 22.2 Å². The number of hydrogen-bond donors (Lipinski definition) is 0. The van der Waals surface area contributed by atoms with Crippen molar-refractivity contribution in [3.05, 3.63) is 83.7 Å². The van der Waals surface area contributed by atoms with Crippen molar-refractivity contribution in [3.63, 3.8) is 0 Å². The molecule has 0 unspecified atom stereocenters. The van der Waals surface area contributed by atoms with E-state index in [0.29, 0.717) is 49.7 Å². The number of carbonyl (C=O) groups excluding carboxylic acids is 1. The number of benzene rings is 3. The summed E-state index contributed by atoms with van der Waals surface area (Å²) in [5.74, 6) is 0.632. The van der Waals surface area contributed by atoms with Gasteiger partial charge in [0.2, 0.25) is 0 Å². The van der Waals surface area contributed by atoms with Crippen LogP contribution in [0.15, 0.2) is 71.3 Å². The number of halogens is 3. The molecule has 34 heavy (non-hydrogen) atoms. The van der Waals surface area contributed by atoms with Gasteiger partial charge >= 0.3 is 6.18 Å². The average molecular weight is 466 g/mol. The fourth-order valence-electron chi connectivity index (χ4n) is 4.05. The maximum atomic E-state index is 13.0. The molecule has 3 aromatic carbocycles. The molecule has 2 heterocycles. The third kappa shape index (κ3) is 4.65. The van der Waals surface area contributed by atoms with Crippen LogP contribution in [0.3, 0.4) is 0 Å². The molecule has 1 aromatic heterocycles. The summed E-state index contributed by atoms with van der Waals surface area (Å²) in [5.41, 5.74) is 0.371. The zero-order valence-corrected chi connectivity index (χ0v) is 18.1. The van der Waals surface area contributed by atoms with Crippen molar-refractivity contribution in [3.8, 4) is 11.5 Å². The molecule has 0 saturated carbocycles. The van der Waals surface area contributed by atoms with Gasteiger partial charge in [-0.05, 0) is 47.2 Å². The summed E-state index contributed by atoms with van der Waals surface area (Å²) in [4.78, 5) is 21.2. The van der Waals surface area contributed by atoms with Crippen LogP contribution in [-0.4, -0.2) is 52.0 Å². The summed E-state index contributed by atoms with van der Waals surface area (Å²) in [6.07, 6.45) is -4.39. The van der Waals surface area contributed by atoms with Crippen molar-refractivity contribution >= 4 is 16.7 Å². The lowest BCUT2D eigenvalue weighted by Crippen LogP contribution is -2.48. The first-order valence-corrected chi connectivity index (χ1v) is 10.9. The highest BCUT2D eigenvalue weighted by atomic mass is 19.4. The lowest BCUT2D eigenvalue weighted by molar-refractivity contribution is -0.137. The molecule has 1 aliphatic heterocycles. The molecule has 174 valence electrons. The molecule has 0 N–H and O–H groups in total. The van der Waals surface area contributed by atoms with E-state index in [1.54, 1.807) is 0 Å². The molecule has 0 radical (unpaired) electrons. The second-order valence-corrected chi connectivity index (χ2v) is 8.22. The fraction of sp³-hybridized carbons (Fsp3) is 0.240. The van der Waals surface area contributed by atoms with E-state index in [1.165, 1.54) is 12.1 Å². The minimum absolute atomic E-state index is 0.00885. The number of alkyl halides is 3. The van der Waals surface area contributed by atoms with Crippen LogP contribution < -0.4 is 0 Å². The third-order valence-corrected chi connectivity index (χ3v) is 5.95. The van der Waals surface area contributed by atoms with Gasteiger partial charge in [0.15, 0.2) is 5.82 Å². The van der Waals surface area contributed by atoms with Gasteiger partial charge in [0, 0.05) is 37.3 Å². The maximum Gasteiger partial charge on any atom is 0.416 e. The SMILES string of the molecule is O=C(c1ccc2ccccc2c1)N1CCN(Cc2noc(-c3ccc(C(F)(F)F)cc3)n2)CC1. The number of amides is 1. The van der Waals surface area contributed by atoms with Crippen LogP contribution in [0, 0.1) is 0 Å². The van der Waals surface area contributed by atoms with Crippen molar-refractivity contribution in [1.29, 1.82) is 0 Å². The number of rotatable bonds is 4. The second-order valence-electron chi connectivity index (χ2n) is 8.22. The Morgan fingerprint density at radius 3 is 2.32 bits per heavy atom. The summed E-state index contributed by atoms with van der Waals surface area (Å²) in [7, 11) is 0. The number of fused-ring (bicyclic) bond motifs is 1. The molecule has 0 spiro atoms. The lowest BCUT2D eigenvalue weighted by Gasteiger charge is -2.34. The molecule has 4 aromatic rings. The zero-order valence-electron chi connectivity index (χ0n) is 18.1. The normalized spacial score (nSPS) is 15.1. The Kier molecular flexibility index (Phi) is 5.79. The minimum atomic E-state index is -4.39. The Bertz CT molecular complexity index is 1310. The van der Waals surface area contributed by atoms with Crippen LogP contribution in [0.5, 0.6) is 0 Å². The van der Waals surface area contributed by atoms with Crippen molar-refractivity contribution in [2.24, 2.45) is 0 Å². The molecule has 0 atom stereocenters. The summed E-state index contributed by atoms with van der Waals surface area (Å²) in [6.45, 7) is 2.90. The Morgan fingerprint density at radius 2 is 1.62 bits per heavy atom. The van der Waals surface area contributed by atoms with Gasteiger partial charge in [-0.3, -0.25) is 9.69 Å². The Labute approximate surface area is 193 Å². The van der Waals surface area contributed by atoms with Crippen LogP contribution >= 0.6 is 0 Å². The number of hydrogen-bond acceptors (Lipinski definition) is 5. The predicted octanol–water partition coefficient (Wildman–Crippen LogP) is 4.87. The van der Waals surface area contributed by atoms with Crippen molar-refractivity contribution in [2.45, 2.75) is 12.7 Å². The van der Waals surface area contributed by atoms with E-state index >= 15 is 0 Å². The first-order valence-electron chi connectivity index (χ1n) is 10.9. The molecule has 0 aliphatic carbocycles. The van der Waals surface area contributed by atoms with Gasteiger partial charge in [-0.25, -0.2) is 0 Å². The molecule has 9 heteroatoms. The van der Waals surface area contributed by atoms with Gasteiger partial charge < -0.3 is 9.42 Å².